The summed E-state index contributed by atoms with van der Waals surface area (Å²) in [5, 5.41) is 9.36. The largest absolute Gasteiger partial charge is 0.478 e. The lowest BCUT2D eigenvalue weighted by Crippen LogP contribution is -2.18. The van der Waals surface area contributed by atoms with E-state index >= 15 is 0 Å². The summed E-state index contributed by atoms with van der Waals surface area (Å²) in [6, 6.07) is 7.49. The Hall–Kier alpha value is -1.59. The molecule has 92 valence electrons. The maximum atomic E-state index is 11.8. The van der Waals surface area contributed by atoms with Crippen LogP contribution in [0.3, 0.4) is 0 Å². The molecule has 0 aliphatic heterocycles. The number of aromatic carboxylic acids is 1. The molecule has 0 bridgehead atoms. The number of rotatable bonds is 2. The molecule has 0 unspecified atom stereocenters. The molecule has 0 amide bonds. The highest BCUT2D eigenvalue weighted by Crippen LogP contribution is 2.28. The van der Waals surface area contributed by atoms with Crippen molar-refractivity contribution in [3.05, 3.63) is 61.9 Å². The van der Waals surface area contributed by atoms with E-state index in [2.05, 4.69) is 15.9 Å². The van der Waals surface area contributed by atoms with Crippen LogP contribution >= 0.6 is 27.5 Å². The first-order valence-electron chi connectivity index (χ1n) is 4.91. The van der Waals surface area contributed by atoms with E-state index in [0.29, 0.717) is 15.2 Å². The summed E-state index contributed by atoms with van der Waals surface area (Å²) >= 11 is 9.21. The molecular formula is C12H7BrClNO3. The second-order valence-electron chi connectivity index (χ2n) is 3.50. The summed E-state index contributed by atoms with van der Waals surface area (Å²) in [5.74, 6) is -1.10. The van der Waals surface area contributed by atoms with Gasteiger partial charge in [0.05, 0.1) is 20.7 Å². The van der Waals surface area contributed by atoms with Gasteiger partial charge in [0.1, 0.15) is 0 Å². The number of hydrogen-bond donors (Lipinski definition) is 1. The molecule has 0 aliphatic rings. The Morgan fingerprint density at radius 2 is 2.00 bits per heavy atom. The van der Waals surface area contributed by atoms with Crippen LogP contribution in [0.15, 0.2) is 45.8 Å². The van der Waals surface area contributed by atoms with Crippen molar-refractivity contribution in [3.63, 3.8) is 0 Å². The third-order valence-electron chi connectivity index (χ3n) is 2.35. The van der Waals surface area contributed by atoms with Crippen LogP contribution < -0.4 is 5.56 Å². The molecule has 18 heavy (non-hydrogen) atoms. The zero-order chi connectivity index (χ0) is 13.3. The Bertz CT molecular complexity index is 681. The summed E-state index contributed by atoms with van der Waals surface area (Å²) in [5.41, 5.74) is 0.194. The predicted octanol–water partition coefficient (Wildman–Crippen LogP) is 2.95. The van der Waals surface area contributed by atoms with Gasteiger partial charge in [-0.25, -0.2) is 4.79 Å². The molecule has 0 saturated heterocycles. The second-order valence-corrected chi connectivity index (χ2v) is 4.70. The van der Waals surface area contributed by atoms with Crippen LogP contribution in [0.5, 0.6) is 0 Å². The first-order valence-corrected chi connectivity index (χ1v) is 6.08. The van der Waals surface area contributed by atoms with Crippen molar-refractivity contribution in [2.24, 2.45) is 0 Å². The molecule has 4 nitrogen and oxygen atoms in total. The molecular weight excluding hydrogens is 321 g/mol. The molecule has 6 heteroatoms. The Kier molecular flexibility index (Phi) is 3.54. The Morgan fingerprint density at radius 3 is 2.67 bits per heavy atom. The van der Waals surface area contributed by atoms with Crippen molar-refractivity contribution in [2.75, 3.05) is 0 Å². The summed E-state index contributed by atoms with van der Waals surface area (Å²) in [6.45, 7) is 0. The van der Waals surface area contributed by atoms with Gasteiger partial charge in [0.25, 0.3) is 5.56 Å². The highest BCUT2D eigenvalue weighted by Gasteiger charge is 2.10. The van der Waals surface area contributed by atoms with Gasteiger partial charge in [0.2, 0.25) is 0 Å². The first-order chi connectivity index (χ1) is 8.50. The van der Waals surface area contributed by atoms with Crippen LogP contribution in [0.25, 0.3) is 5.69 Å². The van der Waals surface area contributed by atoms with Crippen LogP contribution in [0, 0.1) is 0 Å². The smallest absolute Gasteiger partial charge is 0.337 e. The zero-order valence-electron chi connectivity index (χ0n) is 8.93. The third-order valence-corrected chi connectivity index (χ3v) is 3.73. The van der Waals surface area contributed by atoms with E-state index in [9.17, 15) is 9.59 Å². The fourth-order valence-corrected chi connectivity index (χ4v) is 2.11. The van der Waals surface area contributed by atoms with E-state index in [4.69, 9.17) is 16.7 Å². The predicted molar refractivity (Wildman–Crippen MR) is 71.7 cm³/mol. The number of pyridine rings is 1. The van der Waals surface area contributed by atoms with Gasteiger partial charge in [-0.05, 0) is 34.1 Å². The van der Waals surface area contributed by atoms with Crippen LogP contribution in [0.1, 0.15) is 10.4 Å². The number of carboxylic acid groups (broad SMARTS) is 1. The van der Waals surface area contributed by atoms with Crippen molar-refractivity contribution in [3.8, 4) is 5.69 Å². The number of carboxylic acids is 1. The normalized spacial score (nSPS) is 10.3. The molecule has 1 aromatic carbocycles. The minimum atomic E-state index is -1.10. The lowest BCUT2D eigenvalue weighted by atomic mass is 10.2. The number of halogens is 2. The quantitative estimate of drug-likeness (QED) is 0.922. The number of benzene rings is 1. The van der Waals surface area contributed by atoms with E-state index < -0.39 is 5.97 Å². The van der Waals surface area contributed by atoms with Crippen molar-refractivity contribution < 1.29 is 9.90 Å². The standard InChI is InChI=1S/C12H7BrClNO3/c13-11-8(14)2-1-3-9(11)15-6-7(12(17)18)4-5-10(15)16/h1-6H,(H,17,18). The van der Waals surface area contributed by atoms with Crippen molar-refractivity contribution in [1.82, 2.24) is 4.57 Å². The van der Waals surface area contributed by atoms with Gasteiger partial charge in [-0.1, -0.05) is 17.7 Å². The maximum absolute atomic E-state index is 11.8. The van der Waals surface area contributed by atoms with Gasteiger partial charge in [-0.15, -0.1) is 0 Å². The van der Waals surface area contributed by atoms with Crippen molar-refractivity contribution in [1.29, 1.82) is 0 Å². The third kappa shape index (κ3) is 2.32. The van der Waals surface area contributed by atoms with Gasteiger partial charge in [-0.2, -0.15) is 0 Å². The molecule has 1 heterocycles. The van der Waals surface area contributed by atoms with Crippen LogP contribution in [0.4, 0.5) is 0 Å². The summed E-state index contributed by atoms with van der Waals surface area (Å²) in [6.07, 6.45) is 1.26. The minimum Gasteiger partial charge on any atom is -0.478 e. The monoisotopic (exact) mass is 327 g/mol. The summed E-state index contributed by atoms with van der Waals surface area (Å²) in [7, 11) is 0. The van der Waals surface area contributed by atoms with Crippen LogP contribution in [0.2, 0.25) is 5.02 Å². The molecule has 2 rings (SSSR count). The van der Waals surface area contributed by atoms with Crippen LogP contribution in [-0.4, -0.2) is 15.6 Å². The molecule has 1 aromatic heterocycles. The van der Waals surface area contributed by atoms with E-state index in [1.54, 1.807) is 18.2 Å². The second kappa shape index (κ2) is 4.96. The first kappa shape index (κ1) is 12.9. The van der Waals surface area contributed by atoms with E-state index in [1.807, 2.05) is 0 Å². The molecule has 0 fully saturated rings. The van der Waals surface area contributed by atoms with Gasteiger partial charge in [0.15, 0.2) is 0 Å². The van der Waals surface area contributed by atoms with E-state index in [-0.39, 0.29) is 11.1 Å². The average Bonchev–Trinajstić information content (AvgIpc) is 2.33. The number of aromatic nitrogens is 1. The molecule has 0 radical (unpaired) electrons. The summed E-state index contributed by atoms with van der Waals surface area (Å²) in [4.78, 5) is 22.7. The molecule has 0 atom stereocenters. The molecule has 0 spiro atoms. The fraction of sp³-hybridized carbons (Fsp3) is 0. The van der Waals surface area contributed by atoms with Crippen molar-refractivity contribution in [2.45, 2.75) is 0 Å². The van der Waals surface area contributed by atoms with Gasteiger partial charge >= 0.3 is 5.97 Å². The molecule has 0 aliphatic carbocycles. The van der Waals surface area contributed by atoms with Gasteiger partial charge in [-0.3, -0.25) is 9.36 Å². The average molecular weight is 329 g/mol. The number of carbonyl (C=O) groups is 1. The lowest BCUT2D eigenvalue weighted by Gasteiger charge is -2.09. The maximum Gasteiger partial charge on any atom is 0.337 e. The van der Waals surface area contributed by atoms with E-state index in [0.717, 1.165) is 0 Å². The Morgan fingerprint density at radius 1 is 1.28 bits per heavy atom. The molecule has 2 aromatic rings. The highest BCUT2D eigenvalue weighted by atomic mass is 79.9. The lowest BCUT2D eigenvalue weighted by molar-refractivity contribution is 0.0696. The highest BCUT2D eigenvalue weighted by molar-refractivity contribution is 9.10. The van der Waals surface area contributed by atoms with Gasteiger partial charge < -0.3 is 5.11 Å². The summed E-state index contributed by atoms with van der Waals surface area (Å²) < 4.78 is 1.77. The fourth-order valence-electron chi connectivity index (χ4n) is 1.48. The Labute approximate surface area is 116 Å². The van der Waals surface area contributed by atoms with E-state index in [1.165, 1.54) is 22.9 Å². The molecule has 1 N–H and O–H groups in total. The topological polar surface area (TPSA) is 59.3 Å². The molecule has 0 saturated carbocycles. The Balaban J connectivity index is 2.70. The SMILES string of the molecule is O=C(O)c1ccc(=O)n(-c2cccc(Cl)c2Br)c1. The minimum absolute atomic E-state index is 0.0291. The number of hydrogen-bond acceptors (Lipinski definition) is 2. The van der Waals surface area contributed by atoms with Gasteiger partial charge in [0, 0.05) is 12.3 Å². The number of nitrogens with zero attached hydrogens (tertiary/aromatic N) is 1. The van der Waals surface area contributed by atoms with Crippen molar-refractivity contribution >= 4 is 33.5 Å². The zero-order valence-corrected chi connectivity index (χ0v) is 11.3. The van der Waals surface area contributed by atoms with Crippen LogP contribution in [-0.2, 0) is 0 Å².